The first-order valence-corrected chi connectivity index (χ1v) is 11.7. The second kappa shape index (κ2) is 11.4. The summed E-state index contributed by atoms with van der Waals surface area (Å²) >= 11 is 0. The summed E-state index contributed by atoms with van der Waals surface area (Å²) in [5.41, 5.74) is 1.70. The predicted octanol–water partition coefficient (Wildman–Crippen LogP) is 4.25. The Labute approximate surface area is 209 Å². The van der Waals surface area contributed by atoms with Gasteiger partial charge in [0.1, 0.15) is 17.5 Å². The van der Waals surface area contributed by atoms with Crippen LogP contribution in [0.2, 0.25) is 0 Å². The number of imide groups is 1. The van der Waals surface area contributed by atoms with E-state index in [9.17, 15) is 14.4 Å². The number of amides is 4. The van der Waals surface area contributed by atoms with Crippen molar-refractivity contribution in [2.45, 2.75) is 32.4 Å². The highest BCUT2D eigenvalue weighted by atomic mass is 16.5. The van der Waals surface area contributed by atoms with E-state index in [0.29, 0.717) is 29.5 Å². The fourth-order valence-corrected chi connectivity index (χ4v) is 3.93. The maximum absolute atomic E-state index is 13.5. The summed E-state index contributed by atoms with van der Waals surface area (Å²) < 4.78 is 10.8. The van der Waals surface area contributed by atoms with Gasteiger partial charge in [-0.1, -0.05) is 19.1 Å². The van der Waals surface area contributed by atoms with Crippen molar-refractivity contribution in [3.05, 3.63) is 78.6 Å². The molecular formula is C27H28N4O5. The van der Waals surface area contributed by atoms with Crippen LogP contribution in [0, 0.1) is 0 Å². The van der Waals surface area contributed by atoms with Gasteiger partial charge in [0, 0.05) is 30.7 Å². The van der Waals surface area contributed by atoms with Gasteiger partial charge in [0.05, 0.1) is 25.8 Å². The quantitative estimate of drug-likeness (QED) is 0.428. The first-order valence-electron chi connectivity index (χ1n) is 11.7. The number of urea groups is 1. The fourth-order valence-electron chi connectivity index (χ4n) is 3.93. The number of anilines is 2. The lowest BCUT2D eigenvalue weighted by Gasteiger charge is -2.21. The van der Waals surface area contributed by atoms with E-state index in [0.717, 1.165) is 16.9 Å². The zero-order chi connectivity index (χ0) is 25.5. The van der Waals surface area contributed by atoms with E-state index >= 15 is 0 Å². The molecule has 1 fully saturated rings. The van der Waals surface area contributed by atoms with Crippen LogP contribution in [0.25, 0.3) is 0 Å². The van der Waals surface area contributed by atoms with E-state index in [-0.39, 0.29) is 18.9 Å². The SMILES string of the molecule is CCCOc1ccc(NC(=O)C[C@H]2C(=O)N(c3cccc(OC)c3)C(=O)N2Cc2cccnc2)cc1. The number of carbonyl (C=O) groups excluding carboxylic acids is 3. The molecule has 4 amide bonds. The zero-order valence-corrected chi connectivity index (χ0v) is 20.2. The first kappa shape index (κ1) is 24.7. The summed E-state index contributed by atoms with van der Waals surface area (Å²) in [6, 6.07) is 15.8. The van der Waals surface area contributed by atoms with Crippen LogP contribution in [0.3, 0.4) is 0 Å². The molecule has 0 unspecified atom stereocenters. The summed E-state index contributed by atoms with van der Waals surface area (Å²) in [6.07, 6.45) is 3.96. The minimum absolute atomic E-state index is 0.139. The summed E-state index contributed by atoms with van der Waals surface area (Å²) in [7, 11) is 1.51. The molecule has 4 rings (SSSR count). The van der Waals surface area contributed by atoms with Crippen LogP contribution in [0.5, 0.6) is 11.5 Å². The lowest BCUT2D eigenvalue weighted by atomic mass is 10.1. The Morgan fingerprint density at radius 1 is 1.06 bits per heavy atom. The Morgan fingerprint density at radius 2 is 1.86 bits per heavy atom. The second-order valence-electron chi connectivity index (χ2n) is 8.29. The van der Waals surface area contributed by atoms with E-state index in [4.69, 9.17) is 9.47 Å². The number of ether oxygens (including phenoxy) is 2. The van der Waals surface area contributed by atoms with Gasteiger partial charge in [0.2, 0.25) is 5.91 Å². The van der Waals surface area contributed by atoms with E-state index < -0.39 is 18.0 Å². The van der Waals surface area contributed by atoms with Gasteiger partial charge in [-0.3, -0.25) is 14.6 Å². The van der Waals surface area contributed by atoms with Crippen molar-refractivity contribution in [2.24, 2.45) is 0 Å². The minimum atomic E-state index is -0.976. The number of nitrogens with zero attached hydrogens (tertiary/aromatic N) is 3. The van der Waals surface area contributed by atoms with Crippen LogP contribution < -0.4 is 19.7 Å². The molecule has 3 aromatic rings. The largest absolute Gasteiger partial charge is 0.497 e. The van der Waals surface area contributed by atoms with Crippen LogP contribution in [-0.2, 0) is 16.1 Å². The molecule has 186 valence electrons. The highest BCUT2D eigenvalue weighted by Gasteiger charge is 2.46. The monoisotopic (exact) mass is 488 g/mol. The number of hydrogen-bond donors (Lipinski definition) is 1. The van der Waals surface area contributed by atoms with Gasteiger partial charge in [0.25, 0.3) is 5.91 Å². The van der Waals surface area contributed by atoms with E-state index in [2.05, 4.69) is 10.3 Å². The molecule has 2 aromatic carbocycles. The van der Waals surface area contributed by atoms with Crippen molar-refractivity contribution < 1.29 is 23.9 Å². The topological polar surface area (TPSA) is 101 Å². The molecule has 1 aromatic heterocycles. The molecule has 0 saturated carbocycles. The molecule has 9 nitrogen and oxygen atoms in total. The highest BCUT2D eigenvalue weighted by Crippen LogP contribution is 2.30. The third kappa shape index (κ3) is 5.63. The number of methoxy groups -OCH3 is 1. The summed E-state index contributed by atoms with van der Waals surface area (Å²) in [5, 5.41) is 2.81. The van der Waals surface area contributed by atoms with E-state index in [1.165, 1.54) is 12.0 Å². The lowest BCUT2D eigenvalue weighted by molar-refractivity contribution is -0.124. The van der Waals surface area contributed by atoms with Gasteiger partial charge in [-0.05, 0) is 54.4 Å². The predicted molar refractivity (Wildman–Crippen MR) is 135 cm³/mol. The fraction of sp³-hybridized carbons (Fsp3) is 0.259. The Hall–Kier alpha value is -4.40. The summed E-state index contributed by atoms with van der Waals surface area (Å²) in [6.45, 7) is 2.77. The second-order valence-corrected chi connectivity index (χ2v) is 8.29. The number of hydrogen-bond acceptors (Lipinski definition) is 6. The Bertz CT molecular complexity index is 1220. The molecule has 0 bridgehead atoms. The minimum Gasteiger partial charge on any atom is -0.497 e. The molecule has 0 radical (unpaired) electrons. The van der Waals surface area contributed by atoms with E-state index in [1.54, 1.807) is 67.0 Å². The number of aromatic nitrogens is 1. The standard InChI is InChI=1S/C27H28N4O5/c1-3-14-36-22-11-9-20(10-12-22)29-25(32)16-24-26(33)31(21-7-4-8-23(15-21)35-2)27(34)30(24)18-19-6-5-13-28-17-19/h4-13,15,17,24H,3,14,16,18H2,1-2H3,(H,29,32)/t24-/m0/s1. The van der Waals surface area contributed by atoms with Crippen molar-refractivity contribution in [1.29, 1.82) is 0 Å². The zero-order valence-electron chi connectivity index (χ0n) is 20.2. The Balaban J connectivity index is 1.54. The maximum Gasteiger partial charge on any atom is 0.332 e. The Morgan fingerprint density at radius 3 is 2.56 bits per heavy atom. The average molecular weight is 489 g/mol. The van der Waals surface area contributed by atoms with Crippen molar-refractivity contribution in [3.8, 4) is 11.5 Å². The maximum atomic E-state index is 13.5. The third-order valence-electron chi connectivity index (χ3n) is 5.70. The normalized spacial score (nSPS) is 15.2. The van der Waals surface area contributed by atoms with Gasteiger partial charge < -0.3 is 19.7 Å². The molecule has 36 heavy (non-hydrogen) atoms. The van der Waals surface area contributed by atoms with Crippen LogP contribution in [0.15, 0.2) is 73.1 Å². The molecule has 0 spiro atoms. The molecule has 2 heterocycles. The van der Waals surface area contributed by atoms with Crippen molar-refractivity contribution in [1.82, 2.24) is 9.88 Å². The van der Waals surface area contributed by atoms with Gasteiger partial charge in [0.15, 0.2) is 0 Å². The molecule has 9 heteroatoms. The number of pyridine rings is 1. The molecule has 1 aliphatic heterocycles. The number of rotatable bonds is 10. The van der Waals surface area contributed by atoms with Crippen LogP contribution in [-0.4, -0.2) is 47.5 Å². The number of carbonyl (C=O) groups is 3. The molecule has 1 saturated heterocycles. The Kier molecular flexibility index (Phi) is 7.79. The lowest BCUT2D eigenvalue weighted by Crippen LogP contribution is -2.37. The van der Waals surface area contributed by atoms with Gasteiger partial charge in [-0.25, -0.2) is 9.69 Å². The molecular weight excluding hydrogens is 460 g/mol. The highest BCUT2D eigenvalue weighted by molar-refractivity contribution is 6.22. The van der Waals surface area contributed by atoms with Crippen molar-refractivity contribution in [3.63, 3.8) is 0 Å². The molecule has 1 atom stereocenters. The van der Waals surface area contributed by atoms with Gasteiger partial charge in [-0.2, -0.15) is 0 Å². The van der Waals surface area contributed by atoms with Gasteiger partial charge in [-0.15, -0.1) is 0 Å². The van der Waals surface area contributed by atoms with Crippen LogP contribution in [0.4, 0.5) is 16.2 Å². The molecule has 1 aliphatic rings. The molecule has 0 aliphatic carbocycles. The van der Waals surface area contributed by atoms with Crippen molar-refractivity contribution in [2.75, 3.05) is 23.9 Å². The number of nitrogens with one attached hydrogen (secondary N) is 1. The smallest absolute Gasteiger partial charge is 0.332 e. The number of benzene rings is 2. The van der Waals surface area contributed by atoms with E-state index in [1.807, 2.05) is 13.0 Å². The van der Waals surface area contributed by atoms with Crippen LogP contribution >= 0.6 is 0 Å². The third-order valence-corrected chi connectivity index (χ3v) is 5.70. The average Bonchev–Trinajstić information content (AvgIpc) is 3.12. The first-order chi connectivity index (χ1) is 17.5. The van der Waals surface area contributed by atoms with Crippen molar-refractivity contribution >= 4 is 29.2 Å². The summed E-state index contributed by atoms with van der Waals surface area (Å²) in [4.78, 5) is 46.4. The van der Waals surface area contributed by atoms with Crippen LogP contribution in [0.1, 0.15) is 25.3 Å². The van der Waals surface area contributed by atoms with Gasteiger partial charge >= 0.3 is 6.03 Å². The molecule has 1 N–H and O–H groups in total. The summed E-state index contributed by atoms with van der Waals surface area (Å²) in [5.74, 6) is 0.366.